The van der Waals surface area contributed by atoms with E-state index in [2.05, 4.69) is 28.8 Å². The zero-order chi connectivity index (χ0) is 27.8. The third-order valence-electron chi connectivity index (χ3n) is 7.06. The molecule has 0 saturated carbocycles. The van der Waals surface area contributed by atoms with Crippen molar-refractivity contribution in [3.05, 3.63) is 64.8 Å². The molecule has 3 rings (SSSR count). The lowest BCUT2D eigenvalue weighted by Gasteiger charge is -2.27. The summed E-state index contributed by atoms with van der Waals surface area (Å²) in [4.78, 5) is 17.7. The van der Waals surface area contributed by atoms with Crippen LogP contribution in [-0.4, -0.2) is 40.3 Å². The van der Waals surface area contributed by atoms with Crippen molar-refractivity contribution < 1.29 is 41.9 Å². The molecule has 5 N–H and O–H groups in total. The maximum Gasteiger partial charge on any atom is 0.469 e. The van der Waals surface area contributed by atoms with Crippen molar-refractivity contribution in [1.29, 1.82) is 0 Å². The number of hydrogen-bond donors (Lipinski definition) is 4. The van der Waals surface area contributed by atoms with Crippen LogP contribution < -0.4 is 10.5 Å². The molecule has 38 heavy (non-hydrogen) atoms. The lowest BCUT2D eigenvalue weighted by molar-refractivity contribution is -0.139. The highest BCUT2D eigenvalue weighted by Gasteiger charge is 2.35. The molecule has 7 nitrogen and oxygen atoms in total. The summed E-state index contributed by atoms with van der Waals surface area (Å²) in [5.41, 5.74) is 6.65. The van der Waals surface area contributed by atoms with Gasteiger partial charge < -0.3 is 25.4 Å². The average molecular weight is 560 g/mol. The Kier molecular flexibility index (Phi) is 10.8. The van der Waals surface area contributed by atoms with Gasteiger partial charge in [0.2, 0.25) is 0 Å². The van der Waals surface area contributed by atoms with Crippen molar-refractivity contribution in [2.45, 2.75) is 69.5 Å². The average Bonchev–Trinajstić information content (AvgIpc) is 2.89. The van der Waals surface area contributed by atoms with Crippen LogP contribution in [0.5, 0.6) is 5.75 Å². The Morgan fingerprint density at radius 2 is 1.95 bits per heavy atom. The number of aliphatic hydroxyl groups excluding tert-OH is 1. The Morgan fingerprint density at radius 3 is 2.55 bits per heavy atom. The van der Waals surface area contributed by atoms with Crippen LogP contribution in [0.1, 0.15) is 62.5 Å². The number of phosphoric acid groups is 1. The van der Waals surface area contributed by atoms with Crippen LogP contribution in [0, 0.1) is 5.92 Å². The van der Waals surface area contributed by atoms with E-state index in [-0.39, 0.29) is 25.2 Å². The molecule has 0 fully saturated rings. The molecule has 0 spiro atoms. The number of benzene rings is 1. The highest BCUT2D eigenvalue weighted by atomic mass is 31.2. The first-order chi connectivity index (χ1) is 17.9. The monoisotopic (exact) mass is 559 g/mol. The molecule has 0 heterocycles. The minimum Gasteiger partial charge on any atom is -0.493 e. The van der Waals surface area contributed by atoms with Gasteiger partial charge in [0.1, 0.15) is 5.75 Å². The van der Waals surface area contributed by atoms with Gasteiger partial charge in [0.05, 0.1) is 30.9 Å². The fourth-order valence-corrected chi connectivity index (χ4v) is 5.17. The highest BCUT2D eigenvalue weighted by Crippen LogP contribution is 2.39. The number of hydrogen-bond acceptors (Lipinski definition) is 5. The minimum absolute atomic E-state index is 0.0370. The Hall–Kier alpha value is -1.94. The van der Waals surface area contributed by atoms with Crippen LogP contribution >= 0.6 is 7.82 Å². The first-order valence-corrected chi connectivity index (χ1v) is 14.4. The second-order valence-electron chi connectivity index (χ2n) is 10.1. The number of alkyl halides is 3. The van der Waals surface area contributed by atoms with Crippen LogP contribution in [0.4, 0.5) is 13.2 Å². The van der Waals surface area contributed by atoms with Crippen LogP contribution in [-0.2, 0) is 21.7 Å². The summed E-state index contributed by atoms with van der Waals surface area (Å²) in [7, 11) is -4.80. The zero-order valence-corrected chi connectivity index (χ0v) is 22.2. The quantitative estimate of drug-likeness (QED) is 0.183. The smallest absolute Gasteiger partial charge is 0.469 e. The van der Waals surface area contributed by atoms with Crippen molar-refractivity contribution in [1.82, 2.24) is 0 Å². The number of phosphoric ester groups is 1. The summed E-state index contributed by atoms with van der Waals surface area (Å²) in [6, 6.07) is 3.76. The first kappa shape index (κ1) is 30.6. The summed E-state index contributed by atoms with van der Waals surface area (Å²) in [5, 5.41) is 9.51. The van der Waals surface area contributed by atoms with Crippen LogP contribution in [0.15, 0.2) is 53.6 Å². The second-order valence-corrected chi connectivity index (χ2v) is 11.4. The molecule has 0 radical (unpaired) electrons. The van der Waals surface area contributed by atoms with E-state index in [1.165, 1.54) is 23.3 Å². The van der Waals surface area contributed by atoms with E-state index in [4.69, 9.17) is 20.3 Å². The van der Waals surface area contributed by atoms with Gasteiger partial charge >= 0.3 is 14.0 Å². The van der Waals surface area contributed by atoms with Gasteiger partial charge in [-0.05, 0) is 92.5 Å². The Balaban J connectivity index is 1.52. The molecule has 11 heteroatoms. The van der Waals surface area contributed by atoms with Gasteiger partial charge in [-0.3, -0.25) is 4.52 Å². The topological polar surface area (TPSA) is 122 Å². The van der Waals surface area contributed by atoms with E-state index in [1.807, 2.05) is 0 Å². The predicted molar refractivity (Wildman–Crippen MR) is 138 cm³/mol. The number of nitrogens with two attached hydrogens (primary N) is 1. The highest BCUT2D eigenvalue weighted by molar-refractivity contribution is 7.46. The van der Waals surface area contributed by atoms with E-state index >= 15 is 0 Å². The van der Waals surface area contributed by atoms with Gasteiger partial charge in [0, 0.05) is 0 Å². The van der Waals surface area contributed by atoms with Gasteiger partial charge in [0.15, 0.2) is 0 Å². The maximum absolute atomic E-state index is 13.7. The van der Waals surface area contributed by atoms with Crippen LogP contribution in [0.3, 0.4) is 0 Å². The summed E-state index contributed by atoms with van der Waals surface area (Å²) in [6.45, 7) is -1.12. The number of aliphatic hydroxyl groups is 1. The maximum atomic E-state index is 13.7. The van der Waals surface area contributed by atoms with E-state index in [1.54, 1.807) is 0 Å². The first-order valence-electron chi connectivity index (χ1n) is 12.9. The number of allylic oxidation sites excluding steroid dienone is 6. The van der Waals surface area contributed by atoms with Gasteiger partial charge in [-0.1, -0.05) is 30.4 Å². The van der Waals surface area contributed by atoms with Crippen molar-refractivity contribution >= 4 is 7.82 Å². The molecule has 1 aromatic carbocycles. The zero-order valence-electron chi connectivity index (χ0n) is 21.3. The van der Waals surface area contributed by atoms with Gasteiger partial charge in [0.25, 0.3) is 0 Å². The van der Waals surface area contributed by atoms with E-state index in [9.17, 15) is 22.8 Å². The largest absolute Gasteiger partial charge is 0.493 e. The Morgan fingerprint density at radius 1 is 1.16 bits per heavy atom. The molecule has 212 valence electrons. The van der Waals surface area contributed by atoms with E-state index < -0.39 is 38.3 Å². The second kappa shape index (κ2) is 13.4. The van der Waals surface area contributed by atoms with Crippen LogP contribution in [0.25, 0.3) is 0 Å². The molecular weight excluding hydrogens is 522 g/mol. The van der Waals surface area contributed by atoms with Crippen LogP contribution in [0.2, 0.25) is 0 Å². The molecule has 2 aliphatic rings. The lowest BCUT2D eigenvalue weighted by atomic mass is 9.82. The normalized spacial score (nSPS) is 20.0. The number of aryl methyl sites for hydroxylation is 1. The molecule has 0 saturated heterocycles. The Labute approximate surface area is 221 Å². The lowest BCUT2D eigenvalue weighted by Crippen LogP contribution is -2.48. The fourth-order valence-electron chi connectivity index (χ4n) is 4.75. The predicted octanol–water partition coefficient (Wildman–Crippen LogP) is 5.60. The van der Waals surface area contributed by atoms with Crippen molar-refractivity contribution in [2.24, 2.45) is 11.7 Å². The standard InChI is InChI=1S/C27H37F3NO6P/c28-27(29,30)24-17-21(14-15-26(31,18-32)19-37-38(33,34)35)10-13-25(24)36-16-4-5-20-8-11-23(12-9-20)22-6-2-1-3-7-22/h1-2,6,10-11,13,17,20,32H,3-5,7-9,12,14-16,18-19,31H2,(H2,33,34,35). The van der Waals surface area contributed by atoms with Gasteiger partial charge in [-0.15, -0.1) is 0 Å². The molecule has 0 bridgehead atoms. The number of ether oxygens (including phenoxy) is 1. The molecule has 2 unspecified atom stereocenters. The molecule has 0 aliphatic heterocycles. The SMILES string of the molecule is NC(CO)(CCc1ccc(OCCCC2CC=C(C3=CC=CCC3)CC2)c(C(F)(F)F)c1)COP(=O)(O)O. The van der Waals surface area contributed by atoms with Crippen molar-refractivity contribution in [2.75, 3.05) is 19.8 Å². The molecule has 0 amide bonds. The van der Waals surface area contributed by atoms with Crippen molar-refractivity contribution in [3.8, 4) is 5.75 Å². The molecule has 2 atom stereocenters. The fraction of sp³-hybridized carbons (Fsp3) is 0.556. The summed E-state index contributed by atoms with van der Waals surface area (Å²) >= 11 is 0. The Bertz CT molecular complexity index is 1080. The van der Waals surface area contributed by atoms with Crippen molar-refractivity contribution in [3.63, 3.8) is 0 Å². The minimum atomic E-state index is -4.80. The summed E-state index contributed by atoms with van der Waals surface area (Å²) in [5.74, 6) is 0.263. The third-order valence-corrected chi connectivity index (χ3v) is 7.52. The van der Waals surface area contributed by atoms with E-state index in [0.29, 0.717) is 17.9 Å². The van der Waals surface area contributed by atoms with Gasteiger partial charge in [-0.2, -0.15) is 13.2 Å². The summed E-state index contributed by atoms with van der Waals surface area (Å²) in [6.07, 6.45) is 10.9. The molecule has 0 aromatic heterocycles. The summed E-state index contributed by atoms with van der Waals surface area (Å²) < 4.78 is 62.1. The molecular formula is C27H37F3NO6P. The van der Waals surface area contributed by atoms with Gasteiger partial charge in [-0.25, -0.2) is 4.57 Å². The third kappa shape index (κ3) is 9.67. The van der Waals surface area contributed by atoms with E-state index in [0.717, 1.165) is 44.6 Å². The number of rotatable bonds is 13. The molecule has 2 aliphatic carbocycles. The molecule has 1 aromatic rings. The number of halogens is 3.